The molecule has 0 aliphatic carbocycles. The second-order valence-electron chi connectivity index (χ2n) is 7.93. The summed E-state index contributed by atoms with van der Waals surface area (Å²) in [4.78, 5) is 21.5. The van der Waals surface area contributed by atoms with E-state index in [0.29, 0.717) is 22.8 Å². The van der Waals surface area contributed by atoms with Gasteiger partial charge in [-0.05, 0) is 31.2 Å². The fraction of sp³-hybridized carbons (Fsp3) is 0.174. The monoisotopic (exact) mass is 549 g/mol. The molecule has 0 saturated heterocycles. The highest BCUT2D eigenvalue weighted by atomic mass is 35.5. The quantitative estimate of drug-likeness (QED) is 0.325. The number of aromatic nitrogens is 3. The average molecular weight is 550 g/mol. The van der Waals surface area contributed by atoms with Crippen LogP contribution < -0.4 is 14.8 Å². The summed E-state index contributed by atoms with van der Waals surface area (Å²) in [5, 5.41) is 5.69. The van der Waals surface area contributed by atoms with Gasteiger partial charge in [-0.3, -0.25) is 9.52 Å². The van der Waals surface area contributed by atoms with Crippen molar-refractivity contribution in [2.75, 3.05) is 16.3 Å². The fourth-order valence-corrected chi connectivity index (χ4v) is 4.79. The Morgan fingerprint density at radius 1 is 1.22 bits per heavy atom. The number of nitrogens with zero attached hydrogens (tertiary/aromatic N) is 3. The molecule has 3 heterocycles. The number of nitrogens with one attached hydrogen (secondary N) is 2. The third-order valence-corrected chi connectivity index (χ3v) is 6.48. The molecule has 4 rings (SSSR count). The van der Waals surface area contributed by atoms with E-state index in [-0.39, 0.29) is 28.6 Å². The molecule has 0 unspecified atom stereocenters. The minimum Gasteiger partial charge on any atom is -0.485 e. The van der Waals surface area contributed by atoms with Crippen molar-refractivity contribution in [2.24, 2.45) is 7.05 Å². The number of ether oxygens (including phenoxy) is 1. The van der Waals surface area contributed by atoms with E-state index in [4.69, 9.17) is 16.3 Å². The average Bonchev–Trinajstić information content (AvgIpc) is 3.36. The van der Waals surface area contributed by atoms with Crippen LogP contribution in [-0.4, -0.2) is 35.1 Å². The van der Waals surface area contributed by atoms with E-state index in [2.05, 4.69) is 20.0 Å². The van der Waals surface area contributed by atoms with E-state index in [1.807, 2.05) is 12.3 Å². The van der Waals surface area contributed by atoms with Crippen molar-refractivity contribution in [3.05, 3.63) is 75.2 Å². The van der Waals surface area contributed by atoms with Crippen LogP contribution in [0.15, 0.2) is 48.1 Å². The highest BCUT2D eigenvalue weighted by Crippen LogP contribution is 2.31. The topological polar surface area (TPSA) is 115 Å². The Hall–Kier alpha value is -3.48. The standard InChI is InChI=1S/C23H21ClFN5O4S2/c1-13-27-19(12-35-13)11-34-21-7-16(25)9-26-22(21)20-4-14(10-30(20)2)23(31)28-17-5-15(24)6-18(8-17)29-36(3,32)33/h4-10,12,29H,11H2,1-3H3,(H,28,31). The van der Waals surface area contributed by atoms with Crippen molar-refractivity contribution in [1.82, 2.24) is 14.5 Å². The molecular formula is C23H21ClFN5O4S2. The van der Waals surface area contributed by atoms with Crippen molar-refractivity contribution in [3.63, 3.8) is 0 Å². The molecule has 0 radical (unpaired) electrons. The zero-order chi connectivity index (χ0) is 26.0. The number of benzene rings is 1. The summed E-state index contributed by atoms with van der Waals surface area (Å²) in [7, 11) is -1.81. The predicted molar refractivity (Wildman–Crippen MR) is 138 cm³/mol. The largest absolute Gasteiger partial charge is 0.485 e. The van der Waals surface area contributed by atoms with Gasteiger partial charge in [0.1, 0.15) is 18.1 Å². The van der Waals surface area contributed by atoms with E-state index >= 15 is 0 Å². The first-order chi connectivity index (χ1) is 17.0. The maximum absolute atomic E-state index is 14.0. The zero-order valence-corrected chi connectivity index (χ0v) is 21.8. The van der Waals surface area contributed by atoms with E-state index in [9.17, 15) is 17.6 Å². The molecule has 0 fully saturated rings. The summed E-state index contributed by atoms with van der Waals surface area (Å²) in [6.45, 7) is 2.02. The smallest absolute Gasteiger partial charge is 0.257 e. The molecule has 0 atom stereocenters. The van der Waals surface area contributed by atoms with Crippen LogP contribution in [0.25, 0.3) is 11.4 Å². The van der Waals surface area contributed by atoms with E-state index in [1.54, 1.807) is 23.9 Å². The molecule has 0 aliphatic heterocycles. The number of sulfonamides is 1. The second-order valence-corrected chi connectivity index (χ2v) is 11.2. The molecule has 1 aromatic carbocycles. The number of amides is 1. The molecule has 0 aliphatic rings. The van der Waals surface area contributed by atoms with E-state index in [1.165, 1.54) is 35.6 Å². The third kappa shape index (κ3) is 6.39. The van der Waals surface area contributed by atoms with Gasteiger partial charge >= 0.3 is 0 Å². The molecular weight excluding hydrogens is 529 g/mol. The Labute approximate surface area is 216 Å². The zero-order valence-electron chi connectivity index (χ0n) is 19.4. The van der Waals surface area contributed by atoms with Gasteiger partial charge in [0.2, 0.25) is 10.0 Å². The summed E-state index contributed by atoms with van der Waals surface area (Å²) in [6.07, 6.45) is 3.67. The van der Waals surface area contributed by atoms with Gasteiger partial charge in [0.15, 0.2) is 5.75 Å². The van der Waals surface area contributed by atoms with Gasteiger partial charge < -0.3 is 14.6 Å². The number of pyridine rings is 1. The summed E-state index contributed by atoms with van der Waals surface area (Å²) in [6, 6.07) is 7.19. The Bertz CT molecular complexity index is 1550. The number of aryl methyl sites for hydroxylation is 2. The van der Waals surface area contributed by atoms with Gasteiger partial charge in [0.25, 0.3) is 5.91 Å². The highest BCUT2D eigenvalue weighted by Gasteiger charge is 2.18. The third-order valence-electron chi connectivity index (χ3n) is 4.83. The van der Waals surface area contributed by atoms with E-state index < -0.39 is 21.7 Å². The van der Waals surface area contributed by atoms with Crippen molar-refractivity contribution in [3.8, 4) is 17.1 Å². The first-order valence-electron chi connectivity index (χ1n) is 10.4. The normalized spacial score (nSPS) is 11.4. The van der Waals surface area contributed by atoms with Crippen LogP contribution in [0.3, 0.4) is 0 Å². The summed E-state index contributed by atoms with van der Waals surface area (Å²) < 4.78 is 46.8. The number of halogens is 2. The van der Waals surface area contributed by atoms with Crippen LogP contribution in [0, 0.1) is 12.7 Å². The number of rotatable bonds is 8. The van der Waals surface area contributed by atoms with E-state index in [0.717, 1.165) is 17.5 Å². The number of anilines is 2. The SMILES string of the molecule is Cc1nc(COc2cc(F)cnc2-c2cc(C(=O)Nc3cc(Cl)cc(NS(C)(=O)=O)c3)cn2C)cs1. The molecule has 13 heteroatoms. The maximum Gasteiger partial charge on any atom is 0.257 e. The van der Waals surface area contributed by atoms with Gasteiger partial charge in [0, 0.05) is 35.4 Å². The van der Waals surface area contributed by atoms with Crippen molar-refractivity contribution in [2.45, 2.75) is 13.5 Å². The van der Waals surface area contributed by atoms with Crippen LogP contribution in [-0.2, 0) is 23.7 Å². The highest BCUT2D eigenvalue weighted by molar-refractivity contribution is 7.92. The fourth-order valence-electron chi connectivity index (χ4n) is 3.41. The number of carbonyl (C=O) groups excluding carboxylic acids is 1. The number of carbonyl (C=O) groups is 1. The molecule has 0 saturated carbocycles. The summed E-state index contributed by atoms with van der Waals surface area (Å²) >= 11 is 7.56. The van der Waals surface area contributed by atoms with Crippen molar-refractivity contribution >= 4 is 50.2 Å². The number of thiazole rings is 1. The predicted octanol–water partition coefficient (Wildman–Crippen LogP) is 4.85. The lowest BCUT2D eigenvalue weighted by Gasteiger charge is -2.10. The molecule has 2 N–H and O–H groups in total. The number of hydrogen-bond acceptors (Lipinski definition) is 7. The van der Waals surface area contributed by atoms with Crippen LogP contribution in [0.2, 0.25) is 5.02 Å². The molecule has 36 heavy (non-hydrogen) atoms. The van der Waals surface area contributed by atoms with Crippen molar-refractivity contribution in [1.29, 1.82) is 0 Å². The van der Waals surface area contributed by atoms with Gasteiger partial charge in [0.05, 0.1) is 40.1 Å². The van der Waals surface area contributed by atoms with Gasteiger partial charge in [-0.15, -0.1) is 11.3 Å². The minimum atomic E-state index is -3.53. The molecule has 0 spiro atoms. The maximum atomic E-state index is 14.0. The summed E-state index contributed by atoms with van der Waals surface area (Å²) in [5.74, 6) is -0.818. The van der Waals surface area contributed by atoms with Gasteiger partial charge in [-0.2, -0.15) is 0 Å². The first kappa shape index (κ1) is 25.6. The first-order valence-corrected chi connectivity index (χ1v) is 13.6. The lowest BCUT2D eigenvalue weighted by Crippen LogP contribution is -2.13. The molecule has 4 aromatic rings. The molecule has 1 amide bonds. The Kier molecular flexibility index (Phi) is 7.29. The molecule has 9 nitrogen and oxygen atoms in total. The molecule has 188 valence electrons. The van der Waals surface area contributed by atoms with Crippen LogP contribution in [0.4, 0.5) is 15.8 Å². The van der Waals surface area contributed by atoms with Crippen LogP contribution in [0.5, 0.6) is 5.75 Å². The Morgan fingerprint density at radius 3 is 2.67 bits per heavy atom. The molecule has 0 bridgehead atoms. The van der Waals surface area contributed by atoms with Gasteiger partial charge in [-0.25, -0.2) is 22.8 Å². The Morgan fingerprint density at radius 2 is 1.97 bits per heavy atom. The number of hydrogen-bond donors (Lipinski definition) is 2. The minimum absolute atomic E-state index is 0.138. The lowest BCUT2D eigenvalue weighted by atomic mass is 10.2. The van der Waals surface area contributed by atoms with Crippen LogP contribution in [0.1, 0.15) is 21.1 Å². The van der Waals surface area contributed by atoms with Gasteiger partial charge in [-0.1, -0.05) is 11.6 Å². The Balaban J connectivity index is 1.58. The van der Waals surface area contributed by atoms with Crippen LogP contribution >= 0.6 is 22.9 Å². The second kappa shape index (κ2) is 10.2. The van der Waals surface area contributed by atoms with Crippen molar-refractivity contribution < 1.29 is 22.3 Å². The lowest BCUT2D eigenvalue weighted by molar-refractivity contribution is 0.102. The summed E-state index contributed by atoms with van der Waals surface area (Å²) in [5.41, 5.74) is 2.39. The molecule has 3 aromatic heterocycles.